The van der Waals surface area contributed by atoms with E-state index in [1.165, 1.54) is 0 Å². The number of hydrogen-bond acceptors (Lipinski definition) is 4. The van der Waals surface area contributed by atoms with E-state index < -0.39 is 12.1 Å². The molecular weight excluding hydrogens is 162 g/mol. The zero-order valence-electron chi connectivity index (χ0n) is 6.66. The Morgan fingerprint density at radius 2 is 2.08 bits per heavy atom. The van der Waals surface area contributed by atoms with Crippen molar-refractivity contribution in [3.8, 4) is 0 Å². The summed E-state index contributed by atoms with van der Waals surface area (Å²) >= 11 is 0. The van der Waals surface area contributed by atoms with Crippen molar-refractivity contribution in [2.24, 2.45) is 5.90 Å². The number of carbonyl (C=O) groups excluding carboxylic acids is 2. The van der Waals surface area contributed by atoms with E-state index in [4.69, 9.17) is 5.90 Å². The Morgan fingerprint density at radius 1 is 1.42 bits per heavy atom. The minimum Gasteiger partial charge on any atom is -0.343 e. The fraction of sp³-hybridized carbons (Fsp3) is 0.667. The van der Waals surface area contributed by atoms with Crippen LogP contribution in [0.15, 0.2) is 0 Å². The molecule has 6 heteroatoms. The Hall–Kier alpha value is -1.14. The van der Waals surface area contributed by atoms with Crippen molar-refractivity contribution in [1.29, 1.82) is 0 Å². The number of carbonyl (C=O) groups is 2. The van der Waals surface area contributed by atoms with Gasteiger partial charge < -0.3 is 15.5 Å². The van der Waals surface area contributed by atoms with Gasteiger partial charge in [-0.1, -0.05) is 0 Å². The molecule has 0 aromatic heterocycles. The predicted molar refractivity (Wildman–Crippen MR) is 39.7 cm³/mol. The average molecular weight is 173 g/mol. The third-order valence-electron chi connectivity index (χ3n) is 1.65. The lowest BCUT2D eigenvalue weighted by molar-refractivity contribution is -0.137. The van der Waals surface area contributed by atoms with Crippen LogP contribution in [-0.4, -0.2) is 30.5 Å². The maximum Gasteiger partial charge on any atom is 0.245 e. The topological polar surface area (TPSA) is 93.4 Å². The van der Waals surface area contributed by atoms with Gasteiger partial charge in [0.05, 0.1) is 6.61 Å². The van der Waals surface area contributed by atoms with Gasteiger partial charge in [-0.3, -0.25) is 9.59 Å². The summed E-state index contributed by atoms with van der Waals surface area (Å²) in [4.78, 5) is 26.3. The van der Waals surface area contributed by atoms with Gasteiger partial charge in [-0.05, 0) is 6.92 Å². The van der Waals surface area contributed by atoms with E-state index in [9.17, 15) is 9.59 Å². The van der Waals surface area contributed by atoms with E-state index in [1.54, 1.807) is 6.92 Å². The SMILES string of the molecule is C[C@@H]1NC(=O)[C@H](CON)NC1=O. The van der Waals surface area contributed by atoms with E-state index >= 15 is 0 Å². The van der Waals surface area contributed by atoms with Crippen LogP contribution in [0.1, 0.15) is 6.92 Å². The van der Waals surface area contributed by atoms with Crippen LogP contribution < -0.4 is 16.5 Å². The standard InChI is InChI=1S/C6H11N3O3/c1-3-5(10)9-4(2-12-7)6(11)8-3/h3-4H,2,7H2,1H3,(H,8,11)(H,9,10)/t3-,4-/m0/s1. The van der Waals surface area contributed by atoms with Crippen LogP contribution in [0.2, 0.25) is 0 Å². The van der Waals surface area contributed by atoms with Gasteiger partial charge in [-0.15, -0.1) is 0 Å². The molecule has 0 aromatic rings. The van der Waals surface area contributed by atoms with Crippen LogP contribution in [0.3, 0.4) is 0 Å². The van der Waals surface area contributed by atoms with Gasteiger partial charge in [0.25, 0.3) is 0 Å². The van der Waals surface area contributed by atoms with E-state index in [-0.39, 0.29) is 18.4 Å². The molecule has 1 aliphatic rings. The molecule has 12 heavy (non-hydrogen) atoms. The second-order valence-corrected chi connectivity index (χ2v) is 2.62. The van der Waals surface area contributed by atoms with E-state index in [1.807, 2.05) is 0 Å². The van der Waals surface area contributed by atoms with Crippen molar-refractivity contribution in [3.05, 3.63) is 0 Å². The van der Waals surface area contributed by atoms with E-state index in [0.717, 1.165) is 0 Å². The molecule has 2 amide bonds. The maximum atomic E-state index is 11.1. The Labute approximate surface area is 69.4 Å². The van der Waals surface area contributed by atoms with Crippen LogP contribution in [0.25, 0.3) is 0 Å². The summed E-state index contributed by atoms with van der Waals surface area (Å²) in [5.74, 6) is 4.27. The predicted octanol–water partition coefficient (Wildman–Crippen LogP) is -2.12. The largest absolute Gasteiger partial charge is 0.343 e. The highest BCUT2D eigenvalue weighted by molar-refractivity contribution is 5.96. The van der Waals surface area contributed by atoms with E-state index in [2.05, 4.69) is 15.5 Å². The smallest absolute Gasteiger partial charge is 0.245 e. The van der Waals surface area contributed by atoms with Gasteiger partial charge in [0, 0.05) is 0 Å². The van der Waals surface area contributed by atoms with Crippen LogP contribution in [0.4, 0.5) is 0 Å². The summed E-state index contributed by atoms with van der Waals surface area (Å²) in [7, 11) is 0. The van der Waals surface area contributed by atoms with Crippen molar-refractivity contribution < 1.29 is 14.4 Å². The second-order valence-electron chi connectivity index (χ2n) is 2.62. The van der Waals surface area contributed by atoms with Crippen LogP contribution >= 0.6 is 0 Å². The normalized spacial score (nSPS) is 29.5. The second kappa shape index (κ2) is 3.51. The number of nitrogens with two attached hydrogens (primary N) is 1. The first kappa shape index (κ1) is 8.95. The zero-order valence-corrected chi connectivity index (χ0v) is 6.66. The summed E-state index contributed by atoms with van der Waals surface area (Å²) in [6.45, 7) is 1.59. The number of rotatable bonds is 2. The van der Waals surface area contributed by atoms with Gasteiger partial charge in [0.1, 0.15) is 12.1 Å². The summed E-state index contributed by atoms with van der Waals surface area (Å²) in [5.41, 5.74) is 0. The molecule has 1 saturated heterocycles. The first-order valence-corrected chi connectivity index (χ1v) is 3.57. The molecular formula is C6H11N3O3. The molecule has 0 aromatic carbocycles. The summed E-state index contributed by atoms with van der Waals surface area (Å²) < 4.78 is 0. The highest BCUT2D eigenvalue weighted by Crippen LogP contribution is 1.95. The number of hydrogen-bond donors (Lipinski definition) is 3. The number of piperazine rings is 1. The molecule has 2 atom stereocenters. The molecule has 0 spiro atoms. The number of nitrogens with one attached hydrogen (secondary N) is 2. The number of amides is 2. The van der Waals surface area contributed by atoms with Gasteiger partial charge in [0.15, 0.2) is 0 Å². The minimum absolute atomic E-state index is 0.00963. The molecule has 0 saturated carbocycles. The molecule has 1 rings (SSSR count). The molecule has 0 radical (unpaired) electrons. The van der Waals surface area contributed by atoms with Crippen molar-refractivity contribution in [3.63, 3.8) is 0 Å². The fourth-order valence-corrected chi connectivity index (χ4v) is 0.955. The average Bonchev–Trinajstić information content (AvgIpc) is 2.01. The molecule has 0 unspecified atom stereocenters. The van der Waals surface area contributed by atoms with Crippen LogP contribution in [0, 0.1) is 0 Å². The molecule has 0 aliphatic carbocycles. The third kappa shape index (κ3) is 1.72. The molecule has 0 bridgehead atoms. The van der Waals surface area contributed by atoms with Crippen LogP contribution in [-0.2, 0) is 14.4 Å². The minimum atomic E-state index is -0.668. The monoisotopic (exact) mass is 173 g/mol. The highest BCUT2D eigenvalue weighted by atomic mass is 16.6. The molecule has 6 nitrogen and oxygen atoms in total. The zero-order chi connectivity index (χ0) is 9.14. The summed E-state index contributed by atoms with van der Waals surface area (Å²) in [6, 6.07) is -1.15. The van der Waals surface area contributed by atoms with Gasteiger partial charge in [-0.2, -0.15) is 0 Å². The van der Waals surface area contributed by atoms with Crippen LogP contribution in [0.5, 0.6) is 0 Å². The van der Waals surface area contributed by atoms with E-state index in [0.29, 0.717) is 0 Å². The first-order chi connectivity index (χ1) is 5.65. The van der Waals surface area contributed by atoms with Crippen molar-refractivity contribution in [2.75, 3.05) is 6.61 Å². The molecule has 4 N–H and O–H groups in total. The lowest BCUT2D eigenvalue weighted by Crippen LogP contribution is -2.62. The third-order valence-corrected chi connectivity index (χ3v) is 1.65. The Bertz CT molecular complexity index is 206. The summed E-state index contributed by atoms with van der Waals surface area (Å²) in [5, 5.41) is 4.94. The Kier molecular flexibility index (Phi) is 2.61. The highest BCUT2D eigenvalue weighted by Gasteiger charge is 2.30. The Morgan fingerprint density at radius 3 is 2.67 bits per heavy atom. The molecule has 1 aliphatic heterocycles. The quantitative estimate of drug-likeness (QED) is 0.416. The van der Waals surface area contributed by atoms with Gasteiger partial charge in [0.2, 0.25) is 11.8 Å². The Balaban J connectivity index is 2.55. The van der Waals surface area contributed by atoms with Crippen molar-refractivity contribution in [2.45, 2.75) is 19.0 Å². The molecule has 68 valence electrons. The molecule has 1 heterocycles. The van der Waals surface area contributed by atoms with Crippen molar-refractivity contribution in [1.82, 2.24) is 10.6 Å². The molecule has 1 fully saturated rings. The fourth-order valence-electron chi connectivity index (χ4n) is 0.955. The van der Waals surface area contributed by atoms with Crippen molar-refractivity contribution >= 4 is 11.8 Å². The lowest BCUT2D eigenvalue weighted by atomic mass is 10.1. The first-order valence-electron chi connectivity index (χ1n) is 3.57. The maximum absolute atomic E-state index is 11.1. The van der Waals surface area contributed by atoms with Gasteiger partial charge in [-0.25, -0.2) is 5.90 Å². The summed E-state index contributed by atoms with van der Waals surface area (Å²) in [6.07, 6.45) is 0. The lowest BCUT2D eigenvalue weighted by Gasteiger charge is -2.26. The van der Waals surface area contributed by atoms with Gasteiger partial charge >= 0.3 is 0 Å².